The lowest BCUT2D eigenvalue weighted by molar-refractivity contribution is -0.140. The topological polar surface area (TPSA) is 105 Å². The predicted octanol–water partition coefficient (Wildman–Crippen LogP) is 2.27. The molecule has 0 radical (unpaired) electrons. The number of benzene rings is 1. The standard InChI is InChI=1S/C19H18N2O5/c1-11(19(25)26)21-15-8-5-9-16(22)13(15)10-14(18(21)24)20-17(23)12-6-3-2-4-7-12/h2-4,6-7,10-11H,5,8-9H2,1H3,(H,20,23)(H,25,26). The smallest absolute Gasteiger partial charge is 0.326 e. The SMILES string of the molecule is CC(C(=O)O)n1c2c(cc(NC(=O)c3ccccc3)c1=O)C(=O)CCC2. The number of carbonyl (C=O) groups excluding carboxylic acids is 2. The van der Waals surface area contributed by atoms with Crippen LogP contribution in [0.2, 0.25) is 0 Å². The van der Waals surface area contributed by atoms with Gasteiger partial charge >= 0.3 is 5.97 Å². The normalized spacial score (nSPS) is 14.4. The maximum Gasteiger partial charge on any atom is 0.326 e. The molecule has 0 bridgehead atoms. The number of carboxylic acid groups (broad SMARTS) is 1. The zero-order valence-corrected chi connectivity index (χ0v) is 14.2. The number of nitrogens with one attached hydrogen (secondary N) is 1. The van der Waals surface area contributed by atoms with Crippen LogP contribution in [0.3, 0.4) is 0 Å². The van der Waals surface area contributed by atoms with Crippen LogP contribution in [0.1, 0.15) is 52.2 Å². The molecule has 1 heterocycles. The average molecular weight is 354 g/mol. The Morgan fingerprint density at radius 3 is 2.50 bits per heavy atom. The van der Waals surface area contributed by atoms with E-state index in [0.717, 1.165) is 4.57 Å². The van der Waals surface area contributed by atoms with Crippen LogP contribution in [0.25, 0.3) is 0 Å². The maximum absolute atomic E-state index is 12.8. The Hall–Kier alpha value is -3.22. The van der Waals surface area contributed by atoms with E-state index in [1.165, 1.54) is 13.0 Å². The molecule has 0 saturated carbocycles. The van der Waals surface area contributed by atoms with Crippen molar-refractivity contribution in [2.45, 2.75) is 32.2 Å². The number of fused-ring (bicyclic) bond motifs is 1. The number of ketones is 1. The van der Waals surface area contributed by atoms with Gasteiger partial charge in [-0.1, -0.05) is 18.2 Å². The number of rotatable bonds is 4. The number of nitrogens with zero attached hydrogens (tertiary/aromatic N) is 1. The lowest BCUT2D eigenvalue weighted by Crippen LogP contribution is -2.36. The van der Waals surface area contributed by atoms with Crippen molar-refractivity contribution in [1.29, 1.82) is 0 Å². The van der Waals surface area contributed by atoms with Crippen molar-refractivity contribution in [3.05, 3.63) is 63.6 Å². The largest absolute Gasteiger partial charge is 0.480 e. The summed E-state index contributed by atoms with van der Waals surface area (Å²) in [7, 11) is 0. The number of aliphatic carboxylic acids is 1. The molecule has 1 aromatic carbocycles. The Kier molecular flexibility index (Phi) is 4.71. The van der Waals surface area contributed by atoms with E-state index in [1.807, 2.05) is 0 Å². The van der Waals surface area contributed by atoms with Gasteiger partial charge in [-0.15, -0.1) is 0 Å². The van der Waals surface area contributed by atoms with Crippen LogP contribution in [0.4, 0.5) is 5.69 Å². The summed E-state index contributed by atoms with van der Waals surface area (Å²) in [6.07, 6.45) is 1.34. The Balaban J connectivity index is 2.11. The molecule has 7 heteroatoms. The molecule has 1 aliphatic rings. The molecule has 0 spiro atoms. The molecule has 1 atom stereocenters. The number of pyridine rings is 1. The van der Waals surface area contributed by atoms with Gasteiger partial charge in [0.05, 0.1) is 0 Å². The lowest BCUT2D eigenvalue weighted by Gasteiger charge is -2.24. The van der Waals surface area contributed by atoms with Gasteiger partial charge in [0.1, 0.15) is 11.7 Å². The van der Waals surface area contributed by atoms with Crippen molar-refractivity contribution < 1.29 is 19.5 Å². The second-order valence-electron chi connectivity index (χ2n) is 6.20. The monoisotopic (exact) mass is 354 g/mol. The van der Waals surface area contributed by atoms with Crippen molar-refractivity contribution in [1.82, 2.24) is 4.57 Å². The lowest BCUT2D eigenvalue weighted by atomic mass is 9.93. The Bertz CT molecular complexity index is 946. The molecular weight excluding hydrogens is 336 g/mol. The summed E-state index contributed by atoms with van der Waals surface area (Å²) in [5, 5.41) is 11.9. The highest BCUT2D eigenvalue weighted by atomic mass is 16.4. The number of hydrogen-bond acceptors (Lipinski definition) is 4. The number of amides is 1. The van der Waals surface area contributed by atoms with Crippen LogP contribution in [-0.4, -0.2) is 27.3 Å². The number of Topliss-reactive ketones (excluding diaryl/α,β-unsaturated/α-hetero) is 1. The second-order valence-corrected chi connectivity index (χ2v) is 6.20. The Morgan fingerprint density at radius 2 is 1.85 bits per heavy atom. The molecule has 0 fully saturated rings. The Morgan fingerprint density at radius 1 is 1.15 bits per heavy atom. The van der Waals surface area contributed by atoms with Crippen molar-refractivity contribution in [2.24, 2.45) is 0 Å². The number of carbonyl (C=O) groups is 3. The van der Waals surface area contributed by atoms with Crippen LogP contribution >= 0.6 is 0 Å². The van der Waals surface area contributed by atoms with Gasteiger partial charge in [0, 0.05) is 23.2 Å². The van der Waals surface area contributed by atoms with Crippen LogP contribution in [0.15, 0.2) is 41.2 Å². The first-order valence-electron chi connectivity index (χ1n) is 8.31. The average Bonchev–Trinajstić information content (AvgIpc) is 2.63. The van der Waals surface area contributed by atoms with Crippen molar-refractivity contribution in [2.75, 3.05) is 5.32 Å². The van der Waals surface area contributed by atoms with Crippen LogP contribution in [0, 0.1) is 0 Å². The van der Waals surface area contributed by atoms with Crippen molar-refractivity contribution in [3.8, 4) is 0 Å². The number of carboxylic acids is 1. The summed E-state index contributed by atoms with van der Waals surface area (Å²) in [4.78, 5) is 48.9. The summed E-state index contributed by atoms with van der Waals surface area (Å²) >= 11 is 0. The van der Waals surface area contributed by atoms with E-state index in [4.69, 9.17) is 0 Å². The summed E-state index contributed by atoms with van der Waals surface area (Å²) in [5.74, 6) is -1.84. The van der Waals surface area contributed by atoms with E-state index >= 15 is 0 Å². The summed E-state index contributed by atoms with van der Waals surface area (Å²) < 4.78 is 1.11. The van der Waals surface area contributed by atoms with Gasteiger partial charge in [-0.2, -0.15) is 0 Å². The van der Waals surface area contributed by atoms with Crippen molar-refractivity contribution >= 4 is 23.3 Å². The van der Waals surface area contributed by atoms with Gasteiger partial charge in [0.2, 0.25) is 0 Å². The third-order valence-corrected chi connectivity index (χ3v) is 4.49. The van der Waals surface area contributed by atoms with Crippen LogP contribution < -0.4 is 10.9 Å². The van der Waals surface area contributed by atoms with Gasteiger partial charge in [-0.05, 0) is 38.0 Å². The van der Waals surface area contributed by atoms with Crippen LogP contribution in [0.5, 0.6) is 0 Å². The minimum absolute atomic E-state index is 0.0963. The number of anilines is 1. The first kappa shape index (κ1) is 17.6. The fourth-order valence-electron chi connectivity index (χ4n) is 3.11. The number of aromatic nitrogens is 1. The maximum atomic E-state index is 12.8. The van der Waals surface area contributed by atoms with Crippen molar-refractivity contribution in [3.63, 3.8) is 0 Å². The Labute approximate surface area is 149 Å². The molecule has 2 aromatic rings. The van der Waals surface area contributed by atoms with E-state index in [9.17, 15) is 24.3 Å². The van der Waals surface area contributed by atoms with E-state index in [0.29, 0.717) is 36.1 Å². The van der Waals surface area contributed by atoms with Gasteiger partial charge in [0.25, 0.3) is 11.5 Å². The summed E-state index contributed by atoms with van der Waals surface area (Å²) in [6, 6.07) is 8.55. The fourth-order valence-corrected chi connectivity index (χ4v) is 3.11. The summed E-state index contributed by atoms with van der Waals surface area (Å²) in [5.41, 5.74) is 0.346. The first-order chi connectivity index (χ1) is 12.4. The third-order valence-electron chi connectivity index (χ3n) is 4.49. The molecule has 7 nitrogen and oxygen atoms in total. The molecular formula is C19H18N2O5. The van der Waals surface area contributed by atoms with E-state index in [1.54, 1.807) is 30.3 Å². The van der Waals surface area contributed by atoms with Gasteiger partial charge in [-0.25, -0.2) is 4.79 Å². The minimum atomic E-state index is -1.18. The van der Waals surface area contributed by atoms with E-state index in [-0.39, 0.29) is 11.5 Å². The highest BCUT2D eigenvalue weighted by Crippen LogP contribution is 2.25. The van der Waals surface area contributed by atoms with Crippen LogP contribution in [-0.2, 0) is 11.2 Å². The van der Waals surface area contributed by atoms with E-state index < -0.39 is 23.5 Å². The second kappa shape index (κ2) is 6.95. The molecule has 1 aromatic heterocycles. The first-order valence-corrected chi connectivity index (χ1v) is 8.31. The minimum Gasteiger partial charge on any atom is -0.480 e. The molecule has 3 rings (SSSR count). The predicted molar refractivity (Wildman–Crippen MR) is 94.7 cm³/mol. The third kappa shape index (κ3) is 3.15. The highest BCUT2D eigenvalue weighted by molar-refractivity contribution is 6.05. The highest BCUT2D eigenvalue weighted by Gasteiger charge is 2.28. The molecule has 1 amide bonds. The van der Waals surface area contributed by atoms with Gasteiger partial charge < -0.3 is 10.4 Å². The fraction of sp³-hybridized carbons (Fsp3) is 0.263. The number of hydrogen-bond donors (Lipinski definition) is 2. The van der Waals surface area contributed by atoms with Gasteiger partial charge in [-0.3, -0.25) is 19.0 Å². The van der Waals surface area contributed by atoms with E-state index in [2.05, 4.69) is 5.32 Å². The molecule has 26 heavy (non-hydrogen) atoms. The quantitative estimate of drug-likeness (QED) is 0.876. The zero-order chi connectivity index (χ0) is 18.8. The molecule has 134 valence electrons. The summed E-state index contributed by atoms with van der Waals surface area (Å²) in [6.45, 7) is 1.38. The molecule has 2 N–H and O–H groups in total. The molecule has 0 aliphatic heterocycles. The molecule has 0 saturated heterocycles. The molecule has 1 unspecified atom stereocenters. The van der Waals surface area contributed by atoms with Gasteiger partial charge in [0.15, 0.2) is 5.78 Å². The zero-order valence-electron chi connectivity index (χ0n) is 14.2. The molecule has 1 aliphatic carbocycles.